The molecule has 0 radical (unpaired) electrons. The van der Waals surface area contributed by atoms with Crippen molar-refractivity contribution in [1.82, 2.24) is 14.2 Å². The number of nitrogens with zero attached hydrogens (tertiary/aromatic N) is 3. The standard InChI is InChI=1S/C17H22F3N3O3S/c1-12-6-13(17(18,19)20)7-21-15(12)27(24,25)23-10-16(11-23)8-22(9-16)14-2-4-26-5-3-14/h6-7,14H,2-5,8-11H2,1H3. The molecule has 0 aliphatic carbocycles. The van der Waals surface area contributed by atoms with Gasteiger partial charge in [0.25, 0.3) is 10.0 Å². The molecule has 0 N–H and O–H groups in total. The van der Waals surface area contributed by atoms with E-state index in [9.17, 15) is 21.6 Å². The molecule has 0 bridgehead atoms. The van der Waals surface area contributed by atoms with Gasteiger partial charge in [-0.05, 0) is 31.4 Å². The fourth-order valence-corrected chi connectivity index (χ4v) is 6.09. The maximum atomic E-state index is 12.8. The second kappa shape index (κ2) is 6.40. The van der Waals surface area contributed by atoms with Gasteiger partial charge in [-0.15, -0.1) is 0 Å². The van der Waals surface area contributed by atoms with E-state index in [2.05, 4.69) is 9.88 Å². The van der Waals surface area contributed by atoms with Crippen LogP contribution in [0.3, 0.4) is 0 Å². The third kappa shape index (κ3) is 3.37. The summed E-state index contributed by atoms with van der Waals surface area (Å²) in [5.41, 5.74) is -0.945. The Morgan fingerprint density at radius 2 is 1.81 bits per heavy atom. The van der Waals surface area contributed by atoms with E-state index in [4.69, 9.17) is 4.74 Å². The van der Waals surface area contributed by atoms with Crippen LogP contribution in [0, 0.1) is 12.3 Å². The van der Waals surface area contributed by atoms with Gasteiger partial charge in [-0.1, -0.05) is 0 Å². The van der Waals surface area contributed by atoms with E-state index in [1.807, 2.05) is 0 Å². The van der Waals surface area contributed by atoms with Crippen LogP contribution < -0.4 is 0 Å². The molecule has 1 spiro atoms. The number of likely N-dealkylation sites (tertiary alicyclic amines) is 1. The number of hydrogen-bond acceptors (Lipinski definition) is 5. The summed E-state index contributed by atoms with van der Waals surface area (Å²) < 4.78 is 70.5. The van der Waals surface area contributed by atoms with E-state index in [-0.39, 0.29) is 16.0 Å². The second-order valence-electron chi connectivity index (χ2n) is 7.87. The van der Waals surface area contributed by atoms with Crippen LogP contribution in [0.4, 0.5) is 13.2 Å². The van der Waals surface area contributed by atoms with Crippen LogP contribution in [-0.2, 0) is 20.9 Å². The predicted molar refractivity (Wildman–Crippen MR) is 90.6 cm³/mol. The van der Waals surface area contributed by atoms with Crippen molar-refractivity contribution in [3.8, 4) is 0 Å². The Morgan fingerprint density at radius 3 is 2.37 bits per heavy atom. The number of halogens is 3. The Bertz CT molecular complexity index is 824. The molecule has 1 aromatic heterocycles. The van der Waals surface area contributed by atoms with Crippen molar-refractivity contribution in [1.29, 1.82) is 0 Å². The number of hydrogen-bond donors (Lipinski definition) is 0. The zero-order valence-corrected chi connectivity index (χ0v) is 15.8. The van der Waals surface area contributed by atoms with Crippen LogP contribution >= 0.6 is 0 Å². The smallest absolute Gasteiger partial charge is 0.381 e. The lowest BCUT2D eigenvalue weighted by Gasteiger charge is -2.61. The number of pyridine rings is 1. The zero-order valence-electron chi connectivity index (χ0n) is 15.0. The summed E-state index contributed by atoms with van der Waals surface area (Å²) in [5, 5.41) is -0.286. The monoisotopic (exact) mass is 405 g/mol. The van der Waals surface area contributed by atoms with Gasteiger partial charge in [0.1, 0.15) is 0 Å². The summed E-state index contributed by atoms with van der Waals surface area (Å²) in [6.45, 7) is 5.42. The number of ether oxygens (including phenoxy) is 1. The summed E-state index contributed by atoms with van der Waals surface area (Å²) in [6, 6.07) is 1.35. The average Bonchev–Trinajstić information content (AvgIpc) is 2.52. The topological polar surface area (TPSA) is 62.7 Å². The molecule has 27 heavy (non-hydrogen) atoms. The van der Waals surface area contributed by atoms with Gasteiger partial charge < -0.3 is 4.74 Å². The predicted octanol–water partition coefficient (Wildman–Crippen LogP) is 1.89. The molecule has 4 heterocycles. The minimum absolute atomic E-state index is 0.0169. The fourth-order valence-electron chi connectivity index (χ4n) is 4.31. The van der Waals surface area contributed by atoms with Crippen molar-refractivity contribution in [2.45, 2.75) is 37.0 Å². The van der Waals surface area contributed by atoms with Crippen LogP contribution in [0.1, 0.15) is 24.0 Å². The summed E-state index contributed by atoms with van der Waals surface area (Å²) in [6.07, 6.45) is -1.94. The quantitative estimate of drug-likeness (QED) is 0.769. The van der Waals surface area contributed by atoms with E-state index in [1.165, 1.54) is 11.2 Å². The molecular weight excluding hydrogens is 383 g/mol. The lowest BCUT2D eigenvalue weighted by Crippen LogP contribution is -2.74. The molecule has 3 saturated heterocycles. The van der Waals surface area contributed by atoms with Crippen LogP contribution in [0.25, 0.3) is 0 Å². The van der Waals surface area contributed by atoms with Crippen molar-refractivity contribution in [3.05, 3.63) is 23.4 Å². The van der Waals surface area contributed by atoms with Crippen LogP contribution in [-0.4, -0.2) is 68.0 Å². The summed E-state index contributed by atoms with van der Waals surface area (Å²) >= 11 is 0. The van der Waals surface area contributed by atoms with E-state index >= 15 is 0 Å². The highest BCUT2D eigenvalue weighted by Crippen LogP contribution is 2.44. The van der Waals surface area contributed by atoms with Crippen molar-refractivity contribution in [2.75, 3.05) is 39.4 Å². The highest BCUT2D eigenvalue weighted by molar-refractivity contribution is 7.89. The molecule has 4 rings (SSSR count). The first-order valence-electron chi connectivity index (χ1n) is 8.97. The van der Waals surface area contributed by atoms with Gasteiger partial charge in [0.05, 0.1) is 5.56 Å². The molecule has 3 aliphatic rings. The van der Waals surface area contributed by atoms with Gasteiger partial charge in [-0.3, -0.25) is 4.90 Å². The SMILES string of the molecule is Cc1cc(C(F)(F)F)cnc1S(=O)(=O)N1CC2(CN(C3CCOCC3)C2)C1. The summed E-state index contributed by atoms with van der Waals surface area (Å²) in [7, 11) is -3.87. The Kier molecular flexibility index (Phi) is 4.53. The lowest BCUT2D eigenvalue weighted by molar-refractivity contribution is -0.137. The second-order valence-corrected chi connectivity index (χ2v) is 9.72. The van der Waals surface area contributed by atoms with Gasteiger partial charge in [-0.2, -0.15) is 17.5 Å². The summed E-state index contributed by atoms with van der Waals surface area (Å²) in [5.74, 6) is 0. The molecule has 0 unspecified atom stereocenters. The largest absolute Gasteiger partial charge is 0.417 e. The zero-order chi connectivity index (χ0) is 19.4. The lowest BCUT2D eigenvalue weighted by atomic mass is 9.73. The van der Waals surface area contributed by atoms with Crippen molar-refractivity contribution >= 4 is 10.0 Å². The van der Waals surface area contributed by atoms with E-state index in [0.717, 1.165) is 45.2 Å². The molecule has 0 saturated carbocycles. The summed E-state index contributed by atoms with van der Waals surface area (Å²) in [4.78, 5) is 6.01. The molecular formula is C17H22F3N3O3S. The van der Waals surface area contributed by atoms with E-state index in [0.29, 0.717) is 25.3 Å². The first-order valence-corrected chi connectivity index (χ1v) is 10.4. The third-order valence-electron chi connectivity index (χ3n) is 5.75. The fraction of sp³-hybridized carbons (Fsp3) is 0.706. The van der Waals surface area contributed by atoms with Crippen LogP contribution in [0.15, 0.2) is 17.3 Å². The van der Waals surface area contributed by atoms with E-state index in [1.54, 1.807) is 0 Å². The van der Waals surface area contributed by atoms with Gasteiger partial charge in [-0.25, -0.2) is 13.4 Å². The van der Waals surface area contributed by atoms with Crippen molar-refractivity contribution in [3.63, 3.8) is 0 Å². The minimum atomic E-state index is -4.54. The Labute approximate surface area is 156 Å². The number of aryl methyl sites for hydroxylation is 1. The highest BCUT2D eigenvalue weighted by Gasteiger charge is 2.56. The van der Waals surface area contributed by atoms with Gasteiger partial charge in [0.2, 0.25) is 0 Å². The molecule has 10 heteroatoms. The molecule has 3 aliphatic heterocycles. The van der Waals surface area contributed by atoms with Crippen molar-refractivity contribution < 1.29 is 26.3 Å². The molecule has 0 amide bonds. The molecule has 6 nitrogen and oxygen atoms in total. The van der Waals surface area contributed by atoms with Gasteiger partial charge in [0, 0.05) is 57.0 Å². The number of sulfonamides is 1. The molecule has 0 atom stereocenters. The Balaban J connectivity index is 1.40. The number of aromatic nitrogens is 1. The van der Waals surface area contributed by atoms with Gasteiger partial charge >= 0.3 is 6.18 Å². The maximum absolute atomic E-state index is 12.8. The molecule has 0 aromatic carbocycles. The third-order valence-corrected chi connectivity index (χ3v) is 7.60. The molecule has 1 aromatic rings. The first-order chi connectivity index (χ1) is 12.6. The Hall–Kier alpha value is -1.23. The normalized spacial score (nSPS) is 24.6. The maximum Gasteiger partial charge on any atom is 0.417 e. The number of rotatable bonds is 3. The molecule has 3 fully saturated rings. The van der Waals surface area contributed by atoms with Gasteiger partial charge in [0.15, 0.2) is 5.03 Å². The minimum Gasteiger partial charge on any atom is -0.381 e. The van der Waals surface area contributed by atoms with Crippen LogP contribution in [0.2, 0.25) is 0 Å². The van der Waals surface area contributed by atoms with Crippen LogP contribution in [0.5, 0.6) is 0 Å². The molecule has 150 valence electrons. The van der Waals surface area contributed by atoms with Crippen molar-refractivity contribution in [2.24, 2.45) is 5.41 Å². The van der Waals surface area contributed by atoms with E-state index < -0.39 is 21.8 Å². The highest BCUT2D eigenvalue weighted by atomic mass is 32.2. The Morgan fingerprint density at radius 1 is 1.19 bits per heavy atom. The first kappa shape index (κ1) is 19.1. The number of alkyl halides is 3. The average molecular weight is 405 g/mol.